The molecule has 1 heteroatoms. The van der Waals surface area contributed by atoms with Gasteiger partial charge in [-0.1, -0.05) is 63.1 Å². The summed E-state index contributed by atoms with van der Waals surface area (Å²) in [6.07, 6.45) is 9.10. The molecule has 0 N–H and O–H groups in total. The number of nitriles is 1. The van der Waals surface area contributed by atoms with Gasteiger partial charge in [0.25, 0.3) is 0 Å². The van der Waals surface area contributed by atoms with Crippen LogP contribution in [-0.2, 0) is 6.42 Å². The number of hydrogen-bond acceptors (Lipinski definition) is 1. The highest BCUT2D eigenvalue weighted by Crippen LogP contribution is 2.38. The predicted octanol–water partition coefficient (Wildman–Crippen LogP) is 6.86. The Bertz CT molecular complexity index is 728. The van der Waals surface area contributed by atoms with E-state index >= 15 is 0 Å². The summed E-state index contributed by atoms with van der Waals surface area (Å²) in [7, 11) is 0. The molecule has 0 atom stereocenters. The fourth-order valence-electron chi connectivity index (χ4n) is 4.31. The minimum Gasteiger partial charge on any atom is -0.192 e. The van der Waals surface area contributed by atoms with Crippen molar-refractivity contribution in [2.75, 3.05) is 0 Å². The minimum absolute atomic E-state index is 0.735. The first-order chi connectivity index (χ1) is 12.2. The predicted molar refractivity (Wildman–Crippen MR) is 106 cm³/mol. The van der Waals surface area contributed by atoms with E-state index in [1.165, 1.54) is 49.7 Å². The molecular formula is C24H29N. The van der Waals surface area contributed by atoms with Crippen LogP contribution in [0, 0.1) is 17.2 Å². The van der Waals surface area contributed by atoms with Crippen LogP contribution >= 0.6 is 0 Å². The van der Waals surface area contributed by atoms with Crippen molar-refractivity contribution in [1.82, 2.24) is 0 Å². The van der Waals surface area contributed by atoms with Crippen LogP contribution in [-0.4, -0.2) is 0 Å². The van der Waals surface area contributed by atoms with Crippen molar-refractivity contribution in [3.8, 4) is 17.2 Å². The van der Waals surface area contributed by atoms with Crippen molar-refractivity contribution < 1.29 is 0 Å². The van der Waals surface area contributed by atoms with Gasteiger partial charge in [0.15, 0.2) is 0 Å². The van der Waals surface area contributed by atoms with Crippen molar-refractivity contribution in [2.24, 2.45) is 5.92 Å². The summed E-state index contributed by atoms with van der Waals surface area (Å²) in [6, 6.07) is 17.7. The number of aryl methyl sites for hydroxylation is 1. The Morgan fingerprint density at radius 1 is 0.920 bits per heavy atom. The Balaban J connectivity index is 1.72. The molecule has 130 valence electrons. The zero-order valence-electron chi connectivity index (χ0n) is 15.6. The molecule has 1 aliphatic rings. The first-order valence-electron chi connectivity index (χ1n) is 9.88. The van der Waals surface area contributed by atoms with Crippen LogP contribution in [0.3, 0.4) is 0 Å². The third kappa shape index (κ3) is 4.13. The summed E-state index contributed by atoms with van der Waals surface area (Å²) < 4.78 is 0. The van der Waals surface area contributed by atoms with Gasteiger partial charge in [-0.3, -0.25) is 0 Å². The SMILES string of the molecule is CCC[C@H]1CC[C@H](c2ccc(-c3ccc(CC)c(C#N)c3)cc2)CC1. The molecule has 0 saturated heterocycles. The lowest BCUT2D eigenvalue weighted by molar-refractivity contribution is 0.308. The summed E-state index contributed by atoms with van der Waals surface area (Å²) in [4.78, 5) is 0. The lowest BCUT2D eigenvalue weighted by atomic mass is 9.77. The second-order valence-electron chi connectivity index (χ2n) is 7.47. The average molecular weight is 332 g/mol. The van der Waals surface area contributed by atoms with Gasteiger partial charge in [0.2, 0.25) is 0 Å². The molecule has 1 aliphatic carbocycles. The van der Waals surface area contributed by atoms with Crippen molar-refractivity contribution in [1.29, 1.82) is 5.26 Å². The normalized spacial score (nSPS) is 20.2. The lowest BCUT2D eigenvalue weighted by Crippen LogP contribution is -2.13. The van der Waals surface area contributed by atoms with Crippen LogP contribution in [0.4, 0.5) is 0 Å². The van der Waals surface area contributed by atoms with Crippen LogP contribution < -0.4 is 0 Å². The maximum atomic E-state index is 9.34. The molecule has 0 amide bonds. The number of hydrogen-bond donors (Lipinski definition) is 0. The first-order valence-corrected chi connectivity index (χ1v) is 9.88. The summed E-state index contributed by atoms with van der Waals surface area (Å²) in [6.45, 7) is 4.40. The number of benzene rings is 2. The maximum Gasteiger partial charge on any atom is 0.0994 e. The molecule has 0 bridgehead atoms. The van der Waals surface area contributed by atoms with E-state index in [1.54, 1.807) is 0 Å². The second-order valence-corrected chi connectivity index (χ2v) is 7.47. The zero-order valence-corrected chi connectivity index (χ0v) is 15.6. The molecule has 3 rings (SSSR count). The van der Waals surface area contributed by atoms with Crippen LogP contribution in [0.2, 0.25) is 0 Å². The highest BCUT2D eigenvalue weighted by Gasteiger charge is 2.21. The van der Waals surface area contributed by atoms with Crippen LogP contribution in [0.5, 0.6) is 0 Å². The molecule has 1 nitrogen and oxygen atoms in total. The van der Waals surface area contributed by atoms with Gasteiger partial charge in [-0.25, -0.2) is 0 Å². The average Bonchev–Trinajstić information content (AvgIpc) is 2.68. The number of rotatable bonds is 5. The minimum atomic E-state index is 0.735. The standard InChI is InChI=1S/C24H29N/c1-3-5-18-6-8-20(9-7-18)21-11-13-22(14-12-21)23-15-10-19(4-2)24(16-23)17-25/h10-16,18,20H,3-9H2,1-2H3/t18-,20-. The summed E-state index contributed by atoms with van der Waals surface area (Å²) >= 11 is 0. The summed E-state index contributed by atoms with van der Waals surface area (Å²) in [5.41, 5.74) is 5.78. The van der Waals surface area contributed by atoms with E-state index in [-0.39, 0.29) is 0 Å². The van der Waals surface area contributed by atoms with Crippen molar-refractivity contribution >= 4 is 0 Å². The third-order valence-corrected chi connectivity index (χ3v) is 5.87. The Morgan fingerprint density at radius 2 is 1.60 bits per heavy atom. The summed E-state index contributed by atoms with van der Waals surface area (Å²) in [5.74, 6) is 1.70. The Kier molecular flexibility index (Phi) is 5.92. The molecule has 0 aliphatic heterocycles. The van der Waals surface area contributed by atoms with Crippen LogP contribution in [0.1, 0.15) is 75.0 Å². The number of nitrogens with zero attached hydrogens (tertiary/aromatic N) is 1. The van der Waals surface area contributed by atoms with Gasteiger partial charge >= 0.3 is 0 Å². The van der Waals surface area contributed by atoms with Gasteiger partial charge in [0.1, 0.15) is 0 Å². The third-order valence-electron chi connectivity index (χ3n) is 5.87. The smallest absolute Gasteiger partial charge is 0.0994 e. The second kappa shape index (κ2) is 8.34. The first kappa shape index (κ1) is 17.7. The van der Waals surface area contributed by atoms with E-state index in [9.17, 15) is 5.26 Å². The van der Waals surface area contributed by atoms with Gasteiger partial charge in [-0.15, -0.1) is 0 Å². The van der Waals surface area contributed by atoms with Gasteiger partial charge < -0.3 is 0 Å². The van der Waals surface area contributed by atoms with E-state index < -0.39 is 0 Å². The van der Waals surface area contributed by atoms with E-state index in [4.69, 9.17) is 0 Å². The zero-order chi connectivity index (χ0) is 17.6. The molecule has 1 fully saturated rings. The summed E-state index contributed by atoms with van der Waals surface area (Å²) in [5, 5.41) is 9.34. The Labute approximate surface area is 152 Å². The molecule has 0 spiro atoms. The van der Waals surface area contributed by atoms with E-state index in [0.717, 1.165) is 34.9 Å². The van der Waals surface area contributed by atoms with E-state index in [2.05, 4.69) is 56.3 Å². The van der Waals surface area contributed by atoms with Crippen LogP contribution in [0.25, 0.3) is 11.1 Å². The fraction of sp³-hybridized carbons (Fsp3) is 0.458. The van der Waals surface area contributed by atoms with Crippen molar-refractivity contribution in [3.05, 3.63) is 59.2 Å². The Hall–Kier alpha value is -2.07. The molecule has 0 aromatic heterocycles. The van der Waals surface area contributed by atoms with E-state index in [0.29, 0.717) is 0 Å². The van der Waals surface area contributed by atoms with Gasteiger partial charge in [-0.2, -0.15) is 5.26 Å². The Morgan fingerprint density at radius 3 is 2.20 bits per heavy atom. The monoisotopic (exact) mass is 331 g/mol. The molecule has 25 heavy (non-hydrogen) atoms. The highest BCUT2D eigenvalue weighted by molar-refractivity contribution is 5.66. The van der Waals surface area contributed by atoms with Crippen molar-refractivity contribution in [3.63, 3.8) is 0 Å². The molecule has 2 aromatic rings. The molecular weight excluding hydrogens is 302 g/mol. The fourth-order valence-corrected chi connectivity index (χ4v) is 4.31. The van der Waals surface area contributed by atoms with Crippen molar-refractivity contribution in [2.45, 2.75) is 64.7 Å². The largest absolute Gasteiger partial charge is 0.192 e. The van der Waals surface area contributed by atoms with Crippen LogP contribution in [0.15, 0.2) is 42.5 Å². The molecule has 0 unspecified atom stereocenters. The molecule has 0 heterocycles. The van der Waals surface area contributed by atoms with Gasteiger partial charge in [0.05, 0.1) is 11.6 Å². The highest BCUT2D eigenvalue weighted by atomic mass is 14.3. The molecule has 0 radical (unpaired) electrons. The quantitative estimate of drug-likeness (QED) is 0.587. The van der Waals surface area contributed by atoms with E-state index in [1.807, 2.05) is 6.07 Å². The molecule has 2 aromatic carbocycles. The maximum absolute atomic E-state index is 9.34. The molecule has 1 saturated carbocycles. The van der Waals surface area contributed by atoms with Gasteiger partial charge in [0, 0.05) is 0 Å². The lowest BCUT2D eigenvalue weighted by Gasteiger charge is -2.28. The topological polar surface area (TPSA) is 23.8 Å². The van der Waals surface area contributed by atoms with Gasteiger partial charge in [-0.05, 0) is 72.3 Å².